The van der Waals surface area contributed by atoms with E-state index in [1.807, 2.05) is 24.3 Å². The highest BCUT2D eigenvalue weighted by atomic mass is 35.5. The van der Waals surface area contributed by atoms with E-state index in [-0.39, 0.29) is 11.7 Å². The Hall–Kier alpha value is -2.03. The standard InChI is InChI=1S/C15H13ClN4O2S2/c16-11-5-1-2-6-12(11)18-13(21)9-23-15-20-19-14(24-15)17-8-10-4-3-7-22-10/h1-7H,8-9H2,(H,17,19)(H,18,21). The van der Waals surface area contributed by atoms with Crippen molar-refractivity contribution in [1.29, 1.82) is 0 Å². The van der Waals surface area contributed by atoms with Crippen molar-refractivity contribution in [2.45, 2.75) is 10.9 Å². The van der Waals surface area contributed by atoms with Gasteiger partial charge in [0, 0.05) is 0 Å². The van der Waals surface area contributed by atoms with Crippen molar-refractivity contribution in [1.82, 2.24) is 10.2 Å². The van der Waals surface area contributed by atoms with Gasteiger partial charge in [-0.1, -0.05) is 46.8 Å². The SMILES string of the molecule is O=C(CSc1nnc(NCc2ccco2)s1)Nc1ccccc1Cl. The molecule has 6 nitrogen and oxygen atoms in total. The van der Waals surface area contributed by atoms with E-state index >= 15 is 0 Å². The monoisotopic (exact) mass is 380 g/mol. The fourth-order valence-electron chi connectivity index (χ4n) is 1.79. The van der Waals surface area contributed by atoms with Gasteiger partial charge in [-0.2, -0.15) is 0 Å². The van der Waals surface area contributed by atoms with Crippen molar-refractivity contribution >= 4 is 51.4 Å². The van der Waals surface area contributed by atoms with Gasteiger partial charge >= 0.3 is 0 Å². The zero-order valence-corrected chi connectivity index (χ0v) is 14.7. The third kappa shape index (κ3) is 4.73. The molecule has 2 N–H and O–H groups in total. The second-order valence-electron chi connectivity index (χ2n) is 4.62. The number of furan rings is 1. The molecule has 124 valence electrons. The number of rotatable bonds is 7. The molecule has 2 aromatic heterocycles. The number of nitrogens with zero attached hydrogens (tertiary/aromatic N) is 2. The fourth-order valence-corrected chi connectivity index (χ4v) is 3.52. The van der Waals surface area contributed by atoms with Gasteiger partial charge in [-0.15, -0.1) is 10.2 Å². The van der Waals surface area contributed by atoms with E-state index in [1.54, 1.807) is 18.4 Å². The minimum atomic E-state index is -0.145. The lowest BCUT2D eigenvalue weighted by Gasteiger charge is -2.05. The summed E-state index contributed by atoms with van der Waals surface area (Å²) in [6.45, 7) is 0.541. The minimum absolute atomic E-state index is 0.145. The van der Waals surface area contributed by atoms with Gasteiger partial charge in [0.25, 0.3) is 0 Å². The van der Waals surface area contributed by atoms with Gasteiger partial charge in [0.15, 0.2) is 4.34 Å². The molecular formula is C15H13ClN4O2S2. The molecule has 0 saturated heterocycles. The van der Waals surface area contributed by atoms with Crippen LogP contribution < -0.4 is 10.6 Å². The molecule has 24 heavy (non-hydrogen) atoms. The van der Waals surface area contributed by atoms with E-state index in [9.17, 15) is 4.79 Å². The molecule has 0 aliphatic rings. The summed E-state index contributed by atoms with van der Waals surface area (Å²) >= 11 is 8.72. The Labute approximate surface area is 151 Å². The first-order valence-electron chi connectivity index (χ1n) is 6.97. The third-order valence-corrected chi connectivity index (χ3v) is 5.22. The van der Waals surface area contributed by atoms with Crippen molar-refractivity contribution in [3.05, 3.63) is 53.4 Å². The summed E-state index contributed by atoms with van der Waals surface area (Å²) in [6.07, 6.45) is 1.62. The molecule has 0 bridgehead atoms. The molecule has 1 amide bonds. The van der Waals surface area contributed by atoms with Crippen LogP contribution in [-0.2, 0) is 11.3 Å². The maximum absolute atomic E-state index is 12.0. The molecular weight excluding hydrogens is 368 g/mol. The number of nitrogens with one attached hydrogen (secondary N) is 2. The molecule has 0 radical (unpaired) electrons. The average molecular weight is 381 g/mol. The second kappa shape index (κ2) is 8.18. The molecule has 1 aromatic carbocycles. The van der Waals surface area contributed by atoms with Gasteiger partial charge in [0.1, 0.15) is 5.76 Å². The molecule has 2 heterocycles. The number of halogens is 1. The van der Waals surface area contributed by atoms with Crippen LogP contribution >= 0.6 is 34.7 Å². The Morgan fingerprint density at radius 3 is 2.92 bits per heavy atom. The Kier molecular flexibility index (Phi) is 5.73. The van der Waals surface area contributed by atoms with Crippen LogP contribution in [0.15, 0.2) is 51.4 Å². The van der Waals surface area contributed by atoms with Crippen LogP contribution in [0, 0.1) is 0 Å². The number of benzene rings is 1. The first kappa shape index (κ1) is 16.8. The van der Waals surface area contributed by atoms with Crippen molar-refractivity contribution < 1.29 is 9.21 Å². The summed E-state index contributed by atoms with van der Waals surface area (Å²) < 4.78 is 5.95. The van der Waals surface area contributed by atoms with E-state index in [2.05, 4.69) is 20.8 Å². The number of thioether (sulfide) groups is 1. The predicted octanol–water partition coefficient (Wildman–Crippen LogP) is 4.13. The Bertz CT molecular complexity index is 807. The number of carbonyl (C=O) groups is 1. The predicted molar refractivity (Wildman–Crippen MR) is 96.7 cm³/mol. The molecule has 0 fully saturated rings. The van der Waals surface area contributed by atoms with Crippen LogP contribution in [0.5, 0.6) is 0 Å². The smallest absolute Gasteiger partial charge is 0.234 e. The topological polar surface area (TPSA) is 80.1 Å². The summed E-state index contributed by atoms with van der Waals surface area (Å²) in [5.41, 5.74) is 0.600. The number of hydrogen-bond donors (Lipinski definition) is 2. The van der Waals surface area contributed by atoms with E-state index in [0.29, 0.717) is 26.7 Å². The van der Waals surface area contributed by atoms with Crippen LogP contribution in [0.25, 0.3) is 0 Å². The van der Waals surface area contributed by atoms with Crippen LogP contribution in [0.4, 0.5) is 10.8 Å². The van der Waals surface area contributed by atoms with Gasteiger partial charge < -0.3 is 15.1 Å². The minimum Gasteiger partial charge on any atom is -0.467 e. The lowest BCUT2D eigenvalue weighted by atomic mass is 10.3. The van der Waals surface area contributed by atoms with E-state index in [4.69, 9.17) is 16.0 Å². The largest absolute Gasteiger partial charge is 0.467 e. The van der Waals surface area contributed by atoms with Gasteiger partial charge in [-0.25, -0.2) is 0 Å². The van der Waals surface area contributed by atoms with Crippen molar-refractivity contribution in [2.75, 3.05) is 16.4 Å². The molecule has 0 saturated carbocycles. The van der Waals surface area contributed by atoms with Gasteiger partial charge in [-0.05, 0) is 24.3 Å². The molecule has 0 unspecified atom stereocenters. The lowest BCUT2D eigenvalue weighted by Crippen LogP contribution is -2.14. The lowest BCUT2D eigenvalue weighted by molar-refractivity contribution is -0.113. The first-order valence-corrected chi connectivity index (χ1v) is 9.15. The molecule has 0 atom stereocenters. The van der Waals surface area contributed by atoms with E-state index in [1.165, 1.54) is 23.1 Å². The van der Waals surface area contributed by atoms with Crippen LogP contribution in [0.3, 0.4) is 0 Å². The van der Waals surface area contributed by atoms with Crippen LogP contribution in [0.1, 0.15) is 5.76 Å². The molecule has 0 aliphatic heterocycles. The Balaban J connectivity index is 1.46. The van der Waals surface area contributed by atoms with Gasteiger partial charge in [-0.3, -0.25) is 4.79 Å². The zero-order valence-electron chi connectivity index (χ0n) is 12.4. The quantitative estimate of drug-likeness (QED) is 0.600. The number of carbonyl (C=O) groups excluding carboxylic acids is 1. The molecule has 3 aromatic rings. The first-order chi connectivity index (χ1) is 11.7. The van der Waals surface area contributed by atoms with Gasteiger partial charge in [0.05, 0.1) is 29.3 Å². The van der Waals surface area contributed by atoms with Gasteiger partial charge in [0.2, 0.25) is 11.0 Å². The fraction of sp³-hybridized carbons (Fsp3) is 0.133. The van der Waals surface area contributed by atoms with Crippen molar-refractivity contribution in [3.63, 3.8) is 0 Å². The maximum atomic E-state index is 12.0. The highest BCUT2D eigenvalue weighted by Crippen LogP contribution is 2.26. The maximum Gasteiger partial charge on any atom is 0.234 e. The summed E-state index contributed by atoms with van der Waals surface area (Å²) in [7, 11) is 0. The van der Waals surface area contributed by atoms with Crippen molar-refractivity contribution in [2.24, 2.45) is 0 Å². The summed E-state index contributed by atoms with van der Waals surface area (Å²) in [5, 5.41) is 15.2. The normalized spacial score (nSPS) is 10.5. The number of hydrogen-bond acceptors (Lipinski definition) is 7. The second-order valence-corrected chi connectivity index (χ2v) is 7.23. The Morgan fingerprint density at radius 1 is 1.25 bits per heavy atom. The third-order valence-electron chi connectivity index (χ3n) is 2.88. The summed E-state index contributed by atoms with van der Waals surface area (Å²) in [4.78, 5) is 12.0. The van der Waals surface area contributed by atoms with E-state index < -0.39 is 0 Å². The highest BCUT2D eigenvalue weighted by molar-refractivity contribution is 8.01. The summed E-state index contributed by atoms with van der Waals surface area (Å²) in [6, 6.07) is 10.8. The average Bonchev–Trinajstić information content (AvgIpc) is 3.25. The van der Waals surface area contributed by atoms with Crippen molar-refractivity contribution in [3.8, 4) is 0 Å². The van der Waals surface area contributed by atoms with Crippen LogP contribution in [-0.4, -0.2) is 21.9 Å². The van der Waals surface area contributed by atoms with Crippen LogP contribution in [0.2, 0.25) is 5.02 Å². The highest BCUT2D eigenvalue weighted by Gasteiger charge is 2.10. The number of anilines is 2. The number of para-hydroxylation sites is 1. The molecule has 0 aliphatic carbocycles. The zero-order chi connectivity index (χ0) is 16.8. The van der Waals surface area contributed by atoms with E-state index in [0.717, 1.165) is 5.76 Å². The number of aromatic nitrogens is 2. The number of amides is 1. The molecule has 0 spiro atoms. The Morgan fingerprint density at radius 2 is 2.12 bits per heavy atom. The molecule has 3 rings (SSSR count). The summed E-state index contributed by atoms with van der Waals surface area (Å²) in [5.74, 6) is 0.907. The molecule has 9 heteroatoms.